The summed E-state index contributed by atoms with van der Waals surface area (Å²) in [6.45, 7) is 0.872. The molecule has 0 aliphatic carbocycles. The number of hydrogen-bond acceptors (Lipinski definition) is 5. The van der Waals surface area contributed by atoms with E-state index in [4.69, 9.17) is 12.2 Å². The molecule has 1 N–H and O–H groups in total. The summed E-state index contributed by atoms with van der Waals surface area (Å²) in [7, 11) is 0. The first-order valence-electron chi connectivity index (χ1n) is 9.32. The van der Waals surface area contributed by atoms with Gasteiger partial charge in [-0.25, -0.2) is 0 Å². The van der Waals surface area contributed by atoms with Crippen molar-refractivity contribution in [2.75, 3.05) is 6.54 Å². The maximum Gasteiger partial charge on any atom is 0.243 e. The molecule has 4 aromatic rings. The summed E-state index contributed by atoms with van der Waals surface area (Å²) in [6.07, 6.45) is 0.886. The van der Waals surface area contributed by atoms with Crippen LogP contribution < -0.4 is 0 Å². The molecule has 0 fully saturated rings. The second-order valence-electron chi connectivity index (χ2n) is 6.87. The monoisotopic (exact) mass is 438 g/mol. The Labute approximate surface area is 181 Å². The number of hydrogen-bond donors (Lipinski definition) is 1. The first kappa shape index (κ1) is 18.5. The smallest absolute Gasteiger partial charge is 0.243 e. The van der Waals surface area contributed by atoms with Crippen LogP contribution in [0, 0.1) is 4.77 Å². The minimum atomic E-state index is -0.0649. The van der Waals surface area contributed by atoms with Crippen molar-refractivity contribution >= 4 is 40.8 Å². The van der Waals surface area contributed by atoms with Crippen LogP contribution >= 0.6 is 34.9 Å². The highest BCUT2D eigenvalue weighted by Crippen LogP contribution is 2.38. The lowest BCUT2D eigenvalue weighted by molar-refractivity contribution is -0.133. The van der Waals surface area contributed by atoms with Gasteiger partial charge in [0, 0.05) is 11.4 Å². The molecule has 4 heterocycles. The van der Waals surface area contributed by atoms with Gasteiger partial charge in [0.1, 0.15) is 6.54 Å². The van der Waals surface area contributed by atoms with Gasteiger partial charge < -0.3 is 4.90 Å². The summed E-state index contributed by atoms with van der Waals surface area (Å²) in [5.74, 6) is 0.758. The molecule has 0 saturated heterocycles. The Bertz CT molecular complexity index is 1190. The molecule has 0 spiro atoms. The molecule has 1 aliphatic rings. The Hall–Kier alpha value is -2.55. The van der Waals surface area contributed by atoms with Crippen molar-refractivity contribution in [3.8, 4) is 10.7 Å². The van der Waals surface area contributed by atoms with E-state index in [0.717, 1.165) is 16.9 Å². The number of nitrogens with one attached hydrogen (secondary N) is 1. The van der Waals surface area contributed by atoms with Gasteiger partial charge in [0.15, 0.2) is 10.6 Å². The number of rotatable bonds is 4. The molecular formula is C21H18N4OS3. The van der Waals surface area contributed by atoms with Crippen LogP contribution in [-0.2, 0) is 17.8 Å². The number of benzene rings is 1. The maximum atomic E-state index is 13.5. The number of amides is 1. The summed E-state index contributed by atoms with van der Waals surface area (Å²) in [4.78, 5) is 17.8. The van der Waals surface area contributed by atoms with Gasteiger partial charge in [-0.3, -0.25) is 14.5 Å². The second-order valence-corrected chi connectivity index (χ2v) is 9.20. The fourth-order valence-corrected chi connectivity index (χ4v) is 5.69. The standard InChI is InChI=1S/C21H18N4OS3/c26-18(13-25-20(22-23-21(25)27)17-7-4-11-28-17)24-10-8-16-15(9-12-29-16)19(24)14-5-2-1-3-6-14/h1-7,9,11-12,19H,8,10,13H2,(H,23,27). The number of fused-ring (bicyclic) bond motifs is 1. The number of nitrogens with zero attached hydrogens (tertiary/aromatic N) is 3. The largest absolute Gasteiger partial charge is 0.330 e. The molecule has 5 rings (SSSR count). The number of aromatic nitrogens is 3. The van der Waals surface area contributed by atoms with Crippen LogP contribution in [-0.4, -0.2) is 32.1 Å². The fraction of sp³-hybridized carbons (Fsp3) is 0.190. The molecule has 0 radical (unpaired) electrons. The fourth-order valence-electron chi connectivity index (χ4n) is 3.86. The predicted molar refractivity (Wildman–Crippen MR) is 119 cm³/mol. The molecule has 146 valence electrons. The Kier molecular flexibility index (Phi) is 4.91. The third-order valence-electron chi connectivity index (χ3n) is 5.19. The molecule has 3 aromatic heterocycles. The second kappa shape index (κ2) is 7.70. The Balaban J connectivity index is 1.50. The minimum absolute atomic E-state index is 0.0472. The molecule has 1 atom stereocenters. The molecule has 1 aromatic carbocycles. The quantitative estimate of drug-likeness (QED) is 0.461. The van der Waals surface area contributed by atoms with Crippen molar-refractivity contribution < 1.29 is 4.79 Å². The third-order valence-corrected chi connectivity index (χ3v) is 7.37. The number of carbonyl (C=O) groups is 1. The van der Waals surface area contributed by atoms with Gasteiger partial charge in [-0.2, -0.15) is 5.10 Å². The van der Waals surface area contributed by atoms with Crippen molar-refractivity contribution in [2.24, 2.45) is 0 Å². The van der Waals surface area contributed by atoms with Crippen LogP contribution in [0.15, 0.2) is 59.3 Å². The van der Waals surface area contributed by atoms with E-state index in [1.165, 1.54) is 10.4 Å². The van der Waals surface area contributed by atoms with Crippen molar-refractivity contribution in [1.29, 1.82) is 0 Å². The molecular weight excluding hydrogens is 420 g/mol. The lowest BCUT2D eigenvalue weighted by atomic mass is 9.93. The molecule has 1 aliphatic heterocycles. The summed E-state index contributed by atoms with van der Waals surface area (Å²) in [5.41, 5.74) is 2.37. The van der Waals surface area contributed by atoms with Gasteiger partial charge in [-0.15, -0.1) is 22.7 Å². The van der Waals surface area contributed by atoms with E-state index in [2.05, 4.69) is 33.8 Å². The van der Waals surface area contributed by atoms with Crippen LogP contribution in [0.3, 0.4) is 0 Å². The van der Waals surface area contributed by atoms with Crippen LogP contribution in [0.4, 0.5) is 0 Å². The Morgan fingerprint density at radius 3 is 2.79 bits per heavy atom. The average Bonchev–Trinajstić information content (AvgIpc) is 3.49. The number of H-pyrrole nitrogens is 1. The summed E-state index contributed by atoms with van der Waals surface area (Å²) < 4.78 is 2.26. The molecule has 1 unspecified atom stereocenters. The normalized spacial score (nSPS) is 16.0. The van der Waals surface area contributed by atoms with Gasteiger partial charge in [-0.1, -0.05) is 36.4 Å². The number of carbonyl (C=O) groups excluding carboxylic acids is 1. The highest BCUT2D eigenvalue weighted by molar-refractivity contribution is 7.71. The zero-order chi connectivity index (χ0) is 19.8. The van der Waals surface area contributed by atoms with E-state index in [9.17, 15) is 4.79 Å². The van der Waals surface area contributed by atoms with Crippen LogP contribution in [0.1, 0.15) is 22.0 Å². The minimum Gasteiger partial charge on any atom is -0.330 e. The van der Waals surface area contributed by atoms with E-state index in [-0.39, 0.29) is 18.5 Å². The average molecular weight is 439 g/mol. The SMILES string of the molecule is O=C(Cn1c(-c2cccs2)n[nH]c1=S)N1CCc2sccc2C1c1ccccc1. The van der Waals surface area contributed by atoms with E-state index >= 15 is 0 Å². The van der Waals surface area contributed by atoms with Gasteiger partial charge in [0.25, 0.3) is 0 Å². The van der Waals surface area contributed by atoms with E-state index in [1.807, 2.05) is 40.6 Å². The summed E-state index contributed by atoms with van der Waals surface area (Å²) in [6, 6.07) is 16.3. The Morgan fingerprint density at radius 2 is 2.00 bits per heavy atom. The molecule has 8 heteroatoms. The van der Waals surface area contributed by atoms with E-state index in [0.29, 0.717) is 17.1 Å². The number of aromatic amines is 1. The molecule has 0 bridgehead atoms. The van der Waals surface area contributed by atoms with Gasteiger partial charge in [0.2, 0.25) is 5.91 Å². The first-order valence-corrected chi connectivity index (χ1v) is 11.5. The molecule has 29 heavy (non-hydrogen) atoms. The zero-order valence-electron chi connectivity index (χ0n) is 15.4. The maximum absolute atomic E-state index is 13.5. The zero-order valence-corrected chi connectivity index (χ0v) is 17.9. The Morgan fingerprint density at radius 1 is 1.14 bits per heavy atom. The molecule has 5 nitrogen and oxygen atoms in total. The summed E-state index contributed by atoms with van der Waals surface area (Å²) >= 11 is 8.77. The van der Waals surface area contributed by atoms with Gasteiger partial charge in [0.05, 0.1) is 10.9 Å². The van der Waals surface area contributed by atoms with Crippen LogP contribution in [0.5, 0.6) is 0 Å². The predicted octanol–water partition coefficient (Wildman–Crippen LogP) is 4.90. The van der Waals surface area contributed by atoms with Gasteiger partial charge in [-0.05, 0) is 52.7 Å². The van der Waals surface area contributed by atoms with E-state index < -0.39 is 0 Å². The van der Waals surface area contributed by atoms with Gasteiger partial charge >= 0.3 is 0 Å². The highest BCUT2D eigenvalue weighted by atomic mass is 32.1. The topological polar surface area (TPSA) is 53.9 Å². The molecule has 0 saturated carbocycles. The highest BCUT2D eigenvalue weighted by Gasteiger charge is 2.33. The van der Waals surface area contributed by atoms with Crippen LogP contribution in [0.2, 0.25) is 0 Å². The van der Waals surface area contributed by atoms with Crippen molar-refractivity contribution in [3.63, 3.8) is 0 Å². The van der Waals surface area contributed by atoms with Crippen molar-refractivity contribution in [2.45, 2.75) is 19.0 Å². The third kappa shape index (κ3) is 3.37. The lowest BCUT2D eigenvalue weighted by Crippen LogP contribution is -2.41. The lowest BCUT2D eigenvalue weighted by Gasteiger charge is -2.36. The summed E-state index contributed by atoms with van der Waals surface area (Å²) in [5, 5.41) is 11.3. The number of thiophene rings is 2. The van der Waals surface area contributed by atoms with Crippen molar-refractivity contribution in [1.82, 2.24) is 19.7 Å². The van der Waals surface area contributed by atoms with E-state index in [1.54, 1.807) is 27.2 Å². The molecule has 1 amide bonds. The van der Waals surface area contributed by atoms with Crippen LogP contribution in [0.25, 0.3) is 10.7 Å². The first-order chi connectivity index (χ1) is 14.2. The van der Waals surface area contributed by atoms with Crippen molar-refractivity contribution in [3.05, 3.63) is 80.1 Å².